The second-order valence-corrected chi connectivity index (χ2v) is 4.38. The molecule has 1 aliphatic rings. The maximum absolute atomic E-state index is 5.54. The number of hydrogen-bond donors (Lipinski definition) is 2. The van der Waals surface area contributed by atoms with Gasteiger partial charge in [0.25, 0.3) is 0 Å². The summed E-state index contributed by atoms with van der Waals surface area (Å²) >= 11 is 0. The summed E-state index contributed by atoms with van der Waals surface area (Å²) < 4.78 is 0. The van der Waals surface area contributed by atoms with E-state index in [1.54, 1.807) is 0 Å². The third kappa shape index (κ3) is 1.71. The topological polar surface area (TPSA) is 38.0 Å². The lowest BCUT2D eigenvalue weighted by Gasteiger charge is -2.10. The average Bonchev–Trinajstić information content (AvgIpc) is 2.75. The van der Waals surface area contributed by atoms with E-state index in [0.717, 1.165) is 13.0 Å². The van der Waals surface area contributed by atoms with Crippen LogP contribution in [0.3, 0.4) is 0 Å². The van der Waals surface area contributed by atoms with Gasteiger partial charge in [0.05, 0.1) is 0 Å². The quantitative estimate of drug-likeness (QED) is 0.717. The number of nitrogens with two attached hydrogens (primary N) is 1. The molecule has 0 bridgehead atoms. The summed E-state index contributed by atoms with van der Waals surface area (Å²) in [6.45, 7) is 1.49. The minimum absolute atomic E-state index is 0.663. The largest absolute Gasteiger partial charge is 0.384 e. The molecule has 0 unspecified atom stereocenters. The van der Waals surface area contributed by atoms with E-state index in [-0.39, 0.29) is 0 Å². The first-order chi connectivity index (χ1) is 8.40. The highest BCUT2D eigenvalue weighted by molar-refractivity contribution is 5.81. The highest BCUT2D eigenvalue weighted by atomic mass is 14.9. The van der Waals surface area contributed by atoms with Gasteiger partial charge in [-0.25, -0.2) is 0 Å². The molecule has 3 N–H and O–H groups in total. The van der Waals surface area contributed by atoms with Crippen LogP contribution in [0, 0.1) is 0 Å². The normalized spacial score (nSPS) is 12.1. The van der Waals surface area contributed by atoms with E-state index in [0.29, 0.717) is 6.54 Å². The van der Waals surface area contributed by atoms with Gasteiger partial charge in [0.1, 0.15) is 0 Å². The summed E-state index contributed by atoms with van der Waals surface area (Å²) in [6, 6.07) is 15.1. The Morgan fingerprint density at radius 3 is 2.71 bits per heavy atom. The minimum atomic E-state index is 0.663. The lowest BCUT2D eigenvalue weighted by Crippen LogP contribution is -2.13. The van der Waals surface area contributed by atoms with Crippen molar-refractivity contribution < 1.29 is 0 Å². The van der Waals surface area contributed by atoms with Crippen molar-refractivity contribution in [3.63, 3.8) is 0 Å². The molecule has 17 heavy (non-hydrogen) atoms. The first-order valence-corrected chi connectivity index (χ1v) is 6.04. The molecule has 0 amide bonds. The zero-order valence-corrected chi connectivity index (χ0v) is 9.74. The SMILES string of the molecule is NCCNc1cccc2c1Cc1ccccc1-2. The fraction of sp³-hybridized carbons (Fsp3) is 0.200. The van der Waals surface area contributed by atoms with E-state index >= 15 is 0 Å². The first kappa shape index (κ1) is 10.4. The number of hydrogen-bond acceptors (Lipinski definition) is 2. The maximum atomic E-state index is 5.54. The summed E-state index contributed by atoms with van der Waals surface area (Å²) in [5, 5.41) is 3.40. The van der Waals surface area contributed by atoms with Gasteiger partial charge in [-0.1, -0.05) is 36.4 Å². The molecule has 0 saturated heterocycles. The van der Waals surface area contributed by atoms with Gasteiger partial charge in [0, 0.05) is 25.2 Å². The molecule has 0 spiro atoms. The lowest BCUT2D eigenvalue weighted by molar-refractivity contribution is 1.02. The van der Waals surface area contributed by atoms with Crippen LogP contribution in [0.5, 0.6) is 0 Å². The van der Waals surface area contributed by atoms with E-state index in [1.807, 2.05) is 0 Å². The molecule has 2 aromatic rings. The summed E-state index contributed by atoms with van der Waals surface area (Å²) in [4.78, 5) is 0. The van der Waals surface area contributed by atoms with Crippen LogP contribution < -0.4 is 11.1 Å². The molecule has 0 aromatic heterocycles. The van der Waals surface area contributed by atoms with Crippen molar-refractivity contribution in [1.29, 1.82) is 0 Å². The summed E-state index contributed by atoms with van der Waals surface area (Å²) in [5.74, 6) is 0. The molecule has 0 radical (unpaired) electrons. The molecular weight excluding hydrogens is 208 g/mol. The van der Waals surface area contributed by atoms with E-state index in [1.165, 1.54) is 27.9 Å². The zero-order chi connectivity index (χ0) is 11.7. The van der Waals surface area contributed by atoms with Gasteiger partial charge in [-0.05, 0) is 28.3 Å². The van der Waals surface area contributed by atoms with Gasteiger partial charge in [-0.3, -0.25) is 0 Å². The molecule has 86 valence electrons. The van der Waals surface area contributed by atoms with Gasteiger partial charge >= 0.3 is 0 Å². The highest BCUT2D eigenvalue weighted by Crippen LogP contribution is 2.39. The molecule has 2 heteroatoms. The van der Waals surface area contributed by atoms with Gasteiger partial charge in [0.15, 0.2) is 0 Å². The number of benzene rings is 2. The summed E-state index contributed by atoms with van der Waals surface area (Å²) in [6.07, 6.45) is 1.03. The van der Waals surface area contributed by atoms with Crippen molar-refractivity contribution in [2.45, 2.75) is 6.42 Å². The molecule has 0 saturated carbocycles. The van der Waals surface area contributed by atoms with Crippen molar-refractivity contribution in [2.75, 3.05) is 18.4 Å². The van der Waals surface area contributed by atoms with Gasteiger partial charge < -0.3 is 11.1 Å². The van der Waals surface area contributed by atoms with Crippen molar-refractivity contribution in [3.8, 4) is 11.1 Å². The van der Waals surface area contributed by atoms with Crippen LogP contribution in [0.15, 0.2) is 42.5 Å². The number of anilines is 1. The Bertz CT molecular complexity index is 546. The Balaban J connectivity index is 2.05. The third-order valence-corrected chi connectivity index (χ3v) is 3.31. The Hall–Kier alpha value is -1.80. The van der Waals surface area contributed by atoms with Crippen LogP contribution in [0.2, 0.25) is 0 Å². The van der Waals surface area contributed by atoms with Crippen molar-refractivity contribution in [2.24, 2.45) is 5.73 Å². The lowest BCUT2D eigenvalue weighted by atomic mass is 10.1. The molecule has 3 rings (SSSR count). The second-order valence-electron chi connectivity index (χ2n) is 4.38. The van der Waals surface area contributed by atoms with E-state index in [2.05, 4.69) is 47.8 Å². The first-order valence-electron chi connectivity index (χ1n) is 6.04. The Labute approximate surface area is 101 Å². The molecule has 0 fully saturated rings. The van der Waals surface area contributed by atoms with Gasteiger partial charge in [0.2, 0.25) is 0 Å². The van der Waals surface area contributed by atoms with Crippen LogP contribution in [0.1, 0.15) is 11.1 Å². The van der Waals surface area contributed by atoms with Crippen molar-refractivity contribution >= 4 is 5.69 Å². The molecule has 0 heterocycles. The number of rotatable bonds is 3. The van der Waals surface area contributed by atoms with Crippen molar-refractivity contribution in [1.82, 2.24) is 0 Å². The van der Waals surface area contributed by atoms with Gasteiger partial charge in [-0.15, -0.1) is 0 Å². The summed E-state index contributed by atoms with van der Waals surface area (Å²) in [7, 11) is 0. The van der Waals surface area contributed by atoms with Crippen LogP contribution in [0.4, 0.5) is 5.69 Å². The second kappa shape index (κ2) is 4.22. The fourth-order valence-electron chi connectivity index (χ4n) is 2.53. The number of fused-ring (bicyclic) bond motifs is 3. The standard InChI is InChI=1S/C15H16N2/c16-8-9-17-15-7-3-6-13-12-5-2-1-4-11(12)10-14(13)15/h1-7,17H,8-10,16H2. The highest BCUT2D eigenvalue weighted by Gasteiger charge is 2.19. The van der Waals surface area contributed by atoms with Crippen LogP contribution in [-0.2, 0) is 6.42 Å². The molecule has 2 nitrogen and oxygen atoms in total. The zero-order valence-electron chi connectivity index (χ0n) is 9.74. The Morgan fingerprint density at radius 1 is 1.00 bits per heavy atom. The van der Waals surface area contributed by atoms with Crippen LogP contribution in [-0.4, -0.2) is 13.1 Å². The third-order valence-electron chi connectivity index (χ3n) is 3.31. The maximum Gasteiger partial charge on any atom is 0.0382 e. The molecule has 0 atom stereocenters. The predicted molar refractivity (Wildman–Crippen MR) is 72.2 cm³/mol. The van der Waals surface area contributed by atoms with Crippen LogP contribution >= 0.6 is 0 Å². The van der Waals surface area contributed by atoms with Gasteiger partial charge in [-0.2, -0.15) is 0 Å². The predicted octanol–water partition coefficient (Wildman–Crippen LogP) is 2.63. The average molecular weight is 224 g/mol. The van der Waals surface area contributed by atoms with Crippen LogP contribution in [0.25, 0.3) is 11.1 Å². The molecule has 1 aliphatic carbocycles. The molecular formula is C15H16N2. The fourth-order valence-corrected chi connectivity index (χ4v) is 2.53. The molecule has 2 aromatic carbocycles. The molecule has 0 aliphatic heterocycles. The van der Waals surface area contributed by atoms with E-state index in [4.69, 9.17) is 5.73 Å². The smallest absolute Gasteiger partial charge is 0.0382 e. The monoisotopic (exact) mass is 224 g/mol. The minimum Gasteiger partial charge on any atom is -0.384 e. The van der Waals surface area contributed by atoms with E-state index < -0.39 is 0 Å². The van der Waals surface area contributed by atoms with Crippen molar-refractivity contribution in [3.05, 3.63) is 53.6 Å². The van der Waals surface area contributed by atoms with E-state index in [9.17, 15) is 0 Å². The Kier molecular flexibility index (Phi) is 2.57. The summed E-state index contributed by atoms with van der Waals surface area (Å²) in [5.41, 5.74) is 12.3. The Morgan fingerprint density at radius 2 is 1.82 bits per heavy atom. The number of nitrogens with one attached hydrogen (secondary N) is 1.